The molecule has 0 aliphatic heterocycles. The van der Waals surface area contributed by atoms with Gasteiger partial charge in [-0.1, -0.05) is 6.92 Å². The lowest BCUT2D eigenvalue weighted by molar-refractivity contribution is -0.384. The lowest BCUT2D eigenvalue weighted by atomic mass is 9.91. The van der Waals surface area contributed by atoms with Crippen LogP contribution < -0.4 is 4.74 Å². The first-order valence-electron chi connectivity index (χ1n) is 5.33. The number of nitro groups is 1. The summed E-state index contributed by atoms with van der Waals surface area (Å²) >= 11 is 0. The number of carbonyl (C=O) groups excluding carboxylic acids is 1. The van der Waals surface area contributed by atoms with Crippen LogP contribution >= 0.6 is 0 Å². The third-order valence-corrected chi connectivity index (χ3v) is 2.69. The first kappa shape index (κ1) is 13.2. The van der Waals surface area contributed by atoms with Gasteiger partial charge in [0.1, 0.15) is 5.75 Å². The molecular formula is C12H15NO4. The number of non-ortho nitro benzene ring substituents is 1. The van der Waals surface area contributed by atoms with Gasteiger partial charge in [0.05, 0.1) is 10.3 Å². The van der Waals surface area contributed by atoms with Crippen molar-refractivity contribution in [1.29, 1.82) is 0 Å². The fourth-order valence-corrected chi connectivity index (χ4v) is 1.03. The summed E-state index contributed by atoms with van der Waals surface area (Å²) < 4.78 is 5.14. The Labute approximate surface area is 99.5 Å². The first-order chi connectivity index (χ1) is 7.86. The highest BCUT2D eigenvalue weighted by Gasteiger charge is 2.27. The molecule has 0 unspecified atom stereocenters. The van der Waals surface area contributed by atoms with Crippen molar-refractivity contribution >= 4 is 11.7 Å². The molecule has 0 heterocycles. The minimum absolute atomic E-state index is 0.0282. The number of hydrogen-bond acceptors (Lipinski definition) is 4. The molecule has 0 saturated carbocycles. The van der Waals surface area contributed by atoms with E-state index in [-0.39, 0.29) is 11.7 Å². The van der Waals surface area contributed by atoms with Gasteiger partial charge in [0.25, 0.3) is 5.69 Å². The fraction of sp³-hybridized carbons (Fsp3) is 0.417. The van der Waals surface area contributed by atoms with Gasteiger partial charge >= 0.3 is 5.97 Å². The van der Waals surface area contributed by atoms with Crippen LogP contribution in [0.25, 0.3) is 0 Å². The van der Waals surface area contributed by atoms with Crippen LogP contribution in [0.2, 0.25) is 0 Å². The summed E-state index contributed by atoms with van der Waals surface area (Å²) in [6.07, 6.45) is 0.665. The molecule has 0 fully saturated rings. The molecule has 1 rings (SSSR count). The predicted octanol–water partition coefficient (Wildman–Crippen LogP) is 2.94. The van der Waals surface area contributed by atoms with Gasteiger partial charge < -0.3 is 4.74 Å². The molecule has 0 spiro atoms. The molecule has 5 heteroatoms. The van der Waals surface area contributed by atoms with Crippen molar-refractivity contribution in [1.82, 2.24) is 0 Å². The Morgan fingerprint density at radius 3 is 2.29 bits per heavy atom. The Balaban J connectivity index is 2.76. The second-order valence-corrected chi connectivity index (χ2v) is 4.38. The van der Waals surface area contributed by atoms with Crippen molar-refractivity contribution in [3.8, 4) is 5.75 Å². The Kier molecular flexibility index (Phi) is 3.83. The number of esters is 1. The van der Waals surface area contributed by atoms with Crippen molar-refractivity contribution < 1.29 is 14.5 Å². The summed E-state index contributed by atoms with van der Waals surface area (Å²) in [4.78, 5) is 21.7. The summed E-state index contributed by atoms with van der Waals surface area (Å²) in [5.41, 5.74) is -0.582. The Morgan fingerprint density at radius 1 is 1.35 bits per heavy atom. The Bertz CT molecular complexity index is 423. The molecule has 0 aliphatic rings. The van der Waals surface area contributed by atoms with E-state index in [4.69, 9.17) is 4.74 Å². The van der Waals surface area contributed by atoms with Gasteiger partial charge in [-0.15, -0.1) is 0 Å². The van der Waals surface area contributed by atoms with Gasteiger partial charge in [0, 0.05) is 12.1 Å². The smallest absolute Gasteiger partial charge is 0.316 e. The average Bonchev–Trinajstić information content (AvgIpc) is 2.29. The van der Waals surface area contributed by atoms with Gasteiger partial charge in [0.2, 0.25) is 0 Å². The SMILES string of the molecule is CCC(C)(C)C(=O)Oc1ccc([N+](=O)[O-])cc1. The standard InChI is InChI=1S/C12H15NO4/c1-4-12(2,3)11(14)17-10-7-5-9(6-8-10)13(15)16/h5-8H,4H2,1-3H3. The zero-order valence-electron chi connectivity index (χ0n) is 10.1. The van der Waals surface area contributed by atoms with Crippen LogP contribution in [0, 0.1) is 15.5 Å². The van der Waals surface area contributed by atoms with E-state index in [2.05, 4.69) is 0 Å². The van der Waals surface area contributed by atoms with Crippen molar-refractivity contribution in [3.63, 3.8) is 0 Å². The van der Waals surface area contributed by atoms with Crippen LogP contribution in [0.1, 0.15) is 27.2 Å². The van der Waals surface area contributed by atoms with Crippen LogP contribution in [-0.4, -0.2) is 10.9 Å². The minimum Gasteiger partial charge on any atom is -0.426 e. The highest BCUT2D eigenvalue weighted by atomic mass is 16.6. The number of rotatable bonds is 4. The van der Waals surface area contributed by atoms with E-state index in [1.54, 1.807) is 13.8 Å². The van der Waals surface area contributed by atoms with Crippen LogP contribution in [0.3, 0.4) is 0 Å². The van der Waals surface area contributed by atoms with Gasteiger partial charge in [-0.05, 0) is 32.4 Å². The summed E-state index contributed by atoms with van der Waals surface area (Å²) in [5.74, 6) is -0.0176. The maximum absolute atomic E-state index is 11.7. The van der Waals surface area contributed by atoms with Gasteiger partial charge in [-0.3, -0.25) is 14.9 Å². The average molecular weight is 237 g/mol. The third-order valence-electron chi connectivity index (χ3n) is 2.69. The van der Waals surface area contributed by atoms with Crippen molar-refractivity contribution in [2.75, 3.05) is 0 Å². The molecule has 0 saturated heterocycles. The maximum Gasteiger partial charge on any atom is 0.316 e. The molecule has 1 aromatic carbocycles. The molecule has 0 aliphatic carbocycles. The predicted molar refractivity (Wildman–Crippen MR) is 62.8 cm³/mol. The second-order valence-electron chi connectivity index (χ2n) is 4.38. The van der Waals surface area contributed by atoms with Crippen LogP contribution in [0.15, 0.2) is 24.3 Å². The summed E-state index contributed by atoms with van der Waals surface area (Å²) in [6, 6.07) is 5.45. The normalized spacial score (nSPS) is 11.0. The number of hydrogen-bond donors (Lipinski definition) is 0. The summed E-state index contributed by atoms with van der Waals surface area (Å²) in [5, 5.41) is 10.4. The molecule has 92 valence electrons. The van der Waals surface area contributed by atoms with Gasteiger partial charge in [0.15, 0.2) is 0 Å². The molecule has 0 radical (unpaired) electrons. The zero-order chi connectivity index (χ0) is 13.1. The van der Waals surface area contributed by atoms with E-state index >= 15 is 0 Å². The topological polar surface area (TPSA) is 69.4 Å². The highest BCUT2D eigenvalue weighted by Crippen LogP contribution is 2.24. The van der Waals surface area contributed by atoms with E-state index in [0.29, 0.717) is 12.2 Å². The fourth-order valence-electron chi connectivity index (χ4n) is 1.03. The molecule has 0 aromatic heterocycles. The van der Waals surface area contributed by atoms with Crippen LogP contribution in [0.4, 0.5) is 5.69 Å². The van der Waals surface area contributed by atoms with Crippen molar-refractivity contribution in [2.45, 2.75) is 27.2 Å². The molecule has 0 atom stereocenters. The molecule has 1 aromatic rings. The first-order valence-corrected chi connectivity index (χ1v) is 5.33. The molecule has 0 bridgehead atoms. The molecule has 0 N–H and O–H groups in total. The van der Waals surface area contributed by atoms with Crippen LogP contribution in [-0.2, 0) is 4.79 Å². The van der Waals surface area contributed by atoms with Gasteiger partial charge in [-0.2, -0.15) is 0 Å². The quantitative estimate of drug-likeness (QED) is 0.349. The number of nitrogens with zero attached hydrogens (tertiary/aromatic N) is 1. The number of ether oxygens (including phenoxy) is 1. The maximum atomic E-state index is 11.7. The van der Waals surface area contributed by atoms with E-state index in [0.717, 1.165) is 0 Å². The van der Waals surface area contributed by atoms with E-state index in [9.17, 15) is 14.9 Å². The van der Waals surface area contributed by atoms with Crippen LogP contribution in [0.5, 0.6) is 5.75 Å². The zero-order valence-corrected chi connectivity index (χ0v) is 10.1. The number of benzene rings is 1. The highest BCUT2D eigenvalue weighted by molar-refractivity contribution is 5.78. The Hall–Kier alpha value is -1.91. The molecule has 5 nitrogen and oxygen atoms in total. The van der Waals surface area contributed by atoms with Crippen molar-refractivity contribution in [2.24, 2.45) is 5.41 Å². The molecule has 0 amide bonds. The number of carbonyl (C=O) groups is 1. The van der Waals surface area contributed by atoms with E-state index in [1.807, 2.05) is 6.92 Å². The largest absolute Gasteiger partial charge is 0.426 e. The lowest BCUT2D eigenvalue weighted by Gasteiger charge is -2.19. The minimum atomic E-state index is -0.554. The molecular weight excluding hydrogens is 222 g/mol. The monoisotopic (exact) mass is 237 g/mol. The van der Waals surface area contributed by atoms with E-state index in [1.165, 1.54) is 24.3 Å². The third kappa shape index (κ3) is 3.27. The number of nitro benzene ring substituents is 1. The second kappa shape index (κ2) is 4.95. The Morgan fingerprint density at radius 2 is 1.88 bits per heavy atom. The summed E-state index contributed by atoms with van der Waals surface area (Å²) in [6.45, 7) is 5.48. The molecule has 17 heavy (non-hydrogen) atoms. The van der Waals surface area contributed by atoms with Crippen molar-refractivity contribution in [3.05, 3.63) is 34.4 Å². The van der Waals surface area contributed by atoms with E-state index < -0.39 is 10.3 Å². The lowest BCUT2D eigenvalue weighted by Crippen LogP contribution is -2.28. The van der Waals surface area contributed by atoms with Gasteiger partial charge in [-0.25, -0.2) is 0 Å². The summed E-state index contributed by atoms with van der Waals surface area (Å²) in [7, 11) is 0.